The van der Waals surface area contributed by atoms with Crippen LogP contribution in [0.4, 0.5) is 0 Å². The lowest BCUT2D eigenvalue weighted by Crippen LogP contribution is -2.58. The third-order valence-electron chi connectivity index (χ3n) is 3.62. The zero-order valence-electron chi connectivity index (χ0n) is 10.9. The van der Waals surface area contributed by atoms with Crippen molar-refractivity contribution in [1.29, 1.82) is 0 Å². The van der Waals surface area contributed by atoms with Gasteiger partial charge in [0.1, 0.15) is 5.60 Å². The summed E-state index contributed by atoms with van der Waals surface area (Å²) in [6.07, 6.45) is 0. The van der Waals surface area contributed by atoms with Crippen LogP contribution in [0.15, 0.2) is 48.5 Å². The van der Waals surface area contributed by atoms with Crippen molar-refractivity contribution in [2.75, 3.05) is 13.1 Å². The van der Waals surface area contributed by atoms with Crippen molar-refractivity contribution < 1.29 is 4.74 Å². The molecule has 3 rings (SSSR count). The summed E-state index contributed by atoms with van der Waals surface area (Å²) in [6, 6.07) is 15.9. The second-order valence-electron chi connectivity index (χ2n) is 5.00. The predicted octanol–water partition coefficient (Wildman–Crippen LogP) is 4.01. The molecule has 1 fully saturated rings. The van der Waals surface area contributed by atoms with E-state index in [1.165, 1.54) is 5.56 Å². The minimum Gasteiger partial charge on any atom is -0.363 e. The van der Waals surface area contributed by atoms with Crippen LogP contribution in [0.5, 0.6) is 0 Å². The van der Waals surface area contributed by atoms with E-state index >= 15 is 0 Å². The van der Waals surface area contributed by atoms with E-state index in [1.807, 2.05) is 36.4 Å². The van der Waals surface area contributed by atoms with E-state index < -0.39 is 0 Å². The zero-order valence-corrected chi connectivity index (χ0v) is 12.4. The van der Waals surface area contributed by atoms with Gasteiger partial charge in [-0.15, -0.1) is 0 Å². The highest BCUT2D eigenvalue weighted by atomic mass is 35.5. The first kappa shape index (κ1) is 13.9. The van der Waals surface area contributed by atoms with Crippen molar-refractivity contribution in [2.24, 2.45) is 0 Å². The molecule has 0 aromatic heterocycles. The normalized spacial score (nSPS) is 16.7. The molecule has 0 spiro atoms. The number of rotatable bonds is 4. The first-order chi connectivity index (χ1) is 9.70. The van der Waals surface area contributed by atoms with E-state index in [1.54, 1.807) is 0 Å². The Bertz CT molecular complexity index is 597. The Balaban J connectivity index is 1.79. The van der Waals surface area contributed by atoms with Gasteiger partial charge < -0.3 is 10.1 Å². The van der Waals surface area contributed by atoms with Crippen LogP contribution < -0.4 is 5.32 Å². The van der Waals surface area contributed by atoms with Crippen LogP contribution in [0.3, 0.4) is 0 Å². The summed E-state index contributed by atoms with van der Waals surface area (Å²) in [5, 5.41) is 4.41. The minimum atomic E-state index is -0.302. The molecule has 2 aromatic carbocycles. The number of benzene rings is 2. The van der Waals surface area contributed by atoms with Crippen LogP contribution in [-0.2, 0) is 16.9 Å². The van der Waals surface area contributed by atoms with E-state index in [9.17, 15) is 0 Å². The molecule has 1 aliphatic heterocycles. The van der Waals surface area contributed by atoms with Gasteiger partial charge in [-0.3, -0.25) is 0 Å². The quantitative estimate of drug-likeness (QED) is 0.921. The molecule has 0 atom stereocenters. The Hall–Kier alpha value is -1.06. The smallest absolute Gasteiger partial charge is 0.118 e. The van der Waals surface area contributed by atoms with E-state index in [-0.39, 0.29) is 5.60 Å². The van der Waals surface area contributed by atoms with Gasteiger partial charge in [0.05, 0.1) is 16.7 Å². The van der Waals surface area contributed by atoms with Gasteiger partial charge in [-0.25, -0.2) is 0 Å². The summed E-state index contributed by atoms with van der Waals surface area (Å²) >= 11 is 12.1. The van der Waals surface area contributed by atoms with Gasteiger partial charge in [-0.05, 0) is 23.3 Å². The van der Waals surface area contributed by atoms with E-state index in [4.69, 9.17) is 27.9 Å². The Morgan fingerprint density at radius 3 is 2.35 bits per heavy atom. The standard InChI is InChI=1S/C16H15Cl2NO/c17-14-7-6-13(8-15(14)18)16(10-19-11-16)20-9-12-4-2-1-3-5-12/h1-8,19H,9-11H2. The van der Waals surface area contributed by atoms with Crippen molar-refractivity contribution in [2.45, 2.75) is 12.2 Å². The van der Waals surface area contributed by atoms with Crippen LogP contribution >= 0.6 is 23.2 Å². The Morgan fingerprint density at radius 2 is 1.75 bits per heavy atom. The molecule has 0 unspecified atom stereocenters. The third kappa shape index (κ3) is 2.70. The Labute approximate surface area is 128 Å². The van der Waals surface area contributed by atoms with Gasteiger partial charge >= 0.3 is 0 Å². The molecule has 2 nitrogen and oxygen atoms in total. The maximum atomic E-state index is 6.17. The molecule has 0 radical (unpaired) electrons. The van der Waals surface area contributed by atoms with Crippen molar-refractivity contribution in [1.82, 2.24) is 5.32 Å². The zero-order chi connectivity index (χ0) is 14.0. The predicted molar refractivity (Wildman–Crippen MR) is 82.2 cm³/mol. The summed E-state index contributed by atoms with van der Waals surface area (Å²) in [4.78, 5) is 0. The van der Waals surface area contributed by atoms with Crippen LogP contribution in [0.25, 0.3) is 0 Å². The maximum Gasteiger partial charge on any atom is 0.118 e. The molecule has 0 aliphatic carbocycles. The summed E-state index contributed by atoms with van der Waals surface area (Å²) < 4.78 is 6.17. The lowest BCUT2D eigenvalue weighted by molar-refractivity contribution is -0.0968. The Morgan fingerprint density at radius 1 is 1.00 bits per heavy atom. The van der Waals surface area contributed by atoms with Crippen molar-refractivity contribution in [3.8, 4) is 0 Å². The molecule has 1 saturated heterocycles. The lowest BCUT2D eigenvalue weighted by atomic mass is 9.88. The summed E-state index contributed by atoms with van der Waals surface area (Å²) in [6.45, 7) is 2.17. The molecule has 0 amide bonds. The molecule has 4 heteroatoms. The van der Waals surface area contributed by atoms with Gasteiger partial charge in [-0.2, -0.15) is 0 Å². The Kier molecular flexibility index (Phi) is 3.99. The molecule has 0 bridgehead atoms. The number of halogens is 2. The molecule has 2 aromatic rings. The van der Waals surface area contributed by atoms with Gasteiger partial charge in [0.15, 0.2) is 0 Å². The van der Waals surface area contributed by atoms with Crippen LogP contribution in [0, 0.1) is 0 Å². The van der Waals surface area contributed by atoms with Crippen LogP contribution in [0.2, 0.25) is 10.0 Å². The molecule has 104 valence electrons. The fraction of sp³-hybridized carbons (Fsp3) is 0.250. The van der Waals surface area contributed by atoms with Crippen molar-refractivity contribution in [3.63, 3.8) is 0 Å². The summed E-state index contributed by atoms with van der Waals surface area (Å²) in [7, 11) is 0. The van der Waals surface area contributed by atoms with Gasteiger partial charge in [-0.1, -0.05) is 59.6 Å². The first-order valence-corrected chi connectivity index (χ1v) is 7.29. The topological polar surface area (TPSA) is 21.3 Å². The third-order valence-corrected chi connectivity index (χ3v) is 4.36. The average molecular weight is 308 g/mol. The molecule has 1 N–H and O–H groups in total. The number of nitrogens with one attached hydrogen (secondary N) is 1. The van der Waals surface area contributed by atoms with Gasteiger partial charge in [0.2, 0.25) is 0 Å². The molecular weight excluding hydrogens is 293 g/mol. The average Bonchev–Trinajstić information content (AvgIpc) is 2.42. The largest absolute Gasteiger partial charge is 0.363 e. The fourth-order valence-electron chi connectivity index (χ4n) is 2.32. The highest BCUT2D eigenvalue weighted by molar-refractivity contribution is 6.42. The van der Waals surface area contributed by atoms with Crippen LogP contribution in [0.1, 0.15) is 11.1 Å². The molecular formula is C16H15Cl2NO. The number of hydrogen-bond donors (Lipinski definition) is 1. The van der Waals surface area contributed by atoms with Gasteiger partial charge in [0, 0.05) is 13.1 Å². The SMILES string of the molecule is Clc1ccc(C2(OCc3ccccc3)CNC2)cc1Cl. The maximum absolute atomic E-state index is 6.17. The fourth-order valence-corrected chi connectivity index (χ4v) is 2.61. The van der Waals surface area contributed by atoms with Crippen molar-refractivity contribution in [3.05, 3.63) is 69.7 Å². The van der Waals surface area contributed by atoms with E-state index in [0.717, 1.165) is 18.7 Å². The van der Waals surface area contributed by atoms with Crippen LogP contribution in [-0.4, -0.2) is 13.1 Å². The first-order valence-electron chi connectivity index (χ1n) is 6.54. The second-order valence-corrected chi connectivity index (χ2v) is 5.82. The highest BCUT2D eigenvalue weighted by Gasteiger charge is 2.40. The van der Waals surface area contributed by atoms with Crippen molar-refractivity contribution >= 4 is 23.2 Å². The molecule has 1 aliphatic rings. The minimum absolute atomic E-state index is 0.302. The highest BCUT2D eigenvalue weighted by Crippen LogP contribution is 2.34. The summed E-state index contributed by atoms with van der Waals surface area (Å²) in [5.74, 6) is 0. The van der Waals surface area contributed by atoms with E-state index in [0.29, 0.717) is 16.7 Å². The number of ether oxygens (including phenoxy) is 1. The molecule has 0 saturated carbocycles. The monoisotopic (exact) mass is 307 g/mol. The summed E-state index contributed by atoms with van der Waals surface area (Å²) in [5.41, 5.74) is 1.93. The second kappa shape index (κ2) is 5.74. The molecule has 1 heterocycles. The van der Waals surface area contributed by atoms with Gasteiger partial charge in [0.25, 0.3) is 0 Å². The lowest BCUT2D eigenvalue weighted by Gasteiger charge is -2.43. The van der Waals surface area contributed by atoms with E-state index in [2.05, 4.69) is 17.4 Å². The number of hydrogen-bond acceptors (Lipinski definition) is 2. The molecule has 20 heavy (non-hydrogen) atoms.